The van der Waals surface area contributed by atoms with Crippen molar-refractivity contribution in [3.8, 4) is 0 Å². The van der Waals surface area contributed by atoms with Crippen LogP contribution in [0, 0.1) is 5.92 Å². The fourth-order valence-corrected chi connectivity index (χ4v) is 3.19. The lowest BCUT2D eigenvalue weighted by molar-refractivity contribution is -0.140. The fourth-order valence-electron chi connectivity index (χ4n) is 3.19. The Bertz CT molecular complexity index is 498. The molecule has 0 radical (unpaired) electrons. The molecule has 1 aliphatic heterocycles. The first kappa shape index (κ1) is 15.5. The summed E-state index contributed by atoms with van der Waals surface area (Å²) in [6, 6.07) is 9.62. The number of benzene rings is 1. The number of aliphatic carboxylic acids is 1. The Hall–Kier alpha value is -1.84. The molecule has 4 nitrogen and oxygen atoms in total. The Balaban J connectivity index is 2.20. The molecule has 114 valence electrons. The molecule has 0 saturated carbocycles. The van der Waals surface area contributed by atoms with Gasteiger partial charge in [-0.3, -0.25) is 9.59 Å². The second-order valence-corrected chi connectivity index (χ2v) is 6.06. The molecule has 1 amide bonds. The van der Waals surface area contributed by atoms with Crippen molar-refractivity contribution in [1.82, 2.24) is 4.90 Å². The van der Waals surface area contributed by atoms with Crippen molar-refractivity contribution < 1.29 is 14.7 Å². The minimum Gasteiger partial charge on any atom is -0.481 e. The van der Waals surface area contributed by atoms with Crippen LogP contribution in [-0.2, 0) is 9.59 Å². The van der Waals surface area contributed by atoms with E-state index in [1.807, 2.05) is 44.2 Å². The molecule has 0 aromatic heterocycles. The third-order valence-corrected chi connectivity index (χ3v) is 4.16. The summed E-state index contributed by atoms with van der Waals surface area (Å²) in [4.78, 5) is 25.7. The first-order valence-electron chi connectivity index (χ1n) is 7.58. The Labute approximate surface area is 125 Å². The highest BCUT2D eigenvalue weighted by Crippen LogP contribution is 2.31. The monoisotopic (exact) mass is 289 g/mol. The van der Waals surface area contributed by atoms with Gasteiger partial charge in [0.05, 0.1) is 12.3 Å². The van der Waals surface area contributed by atoms with E-state index in [0.717, 1.165) is 18.4 Å². The van der Waals surface area contributed by atoms with E-state index >= 15 is 0 Å². The maximum atomic E-state index is 12.9. The van der Waals surface area contributed by atoms with E-state index in [1.54, 1.807) is 4.90 Å². The molecule has 1 fully saturated rings. The molecule has 2 unspecified atom stereocenters. The maximum absolute atomic E-state index is 12.9. The number of carboxylic acids is 1. The molecule has 2 rings (SSSR count). The van der Waals surface area contributed by atoms with Crippen LogP contribution in [0.4, 0.5) is 0 Å². The summed E-state index contributed by atoms with van der Waals surface area (Å²) in [5.74, 6) is -0.771. The molecule has 2 atom stereocenters. The molecule has 0 bridgehead atoms. The first-order valence-corrected chi connectivity index (χ1v) is 7.58. The zero-order valence-corrected chi connectivity index (χ0v) is 12.7. The number of carbonyl (C=O) groups is 2. The van der Waals surface area contributed by atoms with E-state index in [9.17, 15) is 9.59 Å². The van der Waals surface area contributed by atoms with E-state index in [1.165, 1.54) is 0 Å². The smallest absolute Gasteiger partial charge is 0.305 e. The van der Waals surface area contributed by atoms with Gasteiger partial charge in [0.1, 0.15) is 0 Å². The van der Waals surface area contributed by atoms with Crippen LogP contribution in [-0.4, -0.2) is 34.5 Å². The molecule has 1 aliphatic rings. The first-order chi connectivity index (χ1) is 10.0. The van der Waals surface area contributed by atoms with Crippen molar-refractivity contribution >= 4 is 11.9 Å². The van der Waals surface area contributed by atoms with Gasteiger partial charge in [-0.25, -0.2) is 0 Å². The third-order valence-electron chi connectivity index (χ3n) is 4.16. The van der Waals surface area contributed by atoms with Crippen molar-refractivity contribution in [2.75, 3.05) is 6.54 Å². The average molecular weight is 289 g/mol. The number of carboxylic acid groups (broad SMARTS) is 1. The van der Waals surface area contributed by atoms with E-state index in [-0.39, 0.29) is 30.2 Å². The summed E-state index contributed by atoms with van der Waals surface area (Å²) in [6.45, 7) is 4.75. The lowest BCUT2D eigenvalue weighted by Gasteiger charge is -2.30. The number of amides is 1. The van der Waals surface area contributed by atoms with Gasteiger partial charge in [-0.1, -0.05) is 44.2 Å². The van der Waals surface area contributed by atoms with Crippen molar-refractivity contribution in [3.63, 3.8) is 0 Å². The highest BCUT2D eigenvalue weighted by atomic mass is 16.4. The van der Waals surface area contributed by atoms with Gasteiger partial charge in [0.25, 0.3) is 0 Å². The lowest BCUT2D eigenvalue weighted by Crippen LogP contribution is -2.41. The molecule has 4 heteroatoms. The number of nitrogens with zero attached hydrogens (tertiary/aromatic N) is 1. The molecule has 1 saturated heterocycles. The van der Waals surface area contributed by atoms with Gasteiger partial charge in [-0.15, -0.1) is 0 Å². The molecular formula is C17H23NO3. The van der Waals surface area contributed by atoms with Gasteiger partial charge in [0.2, 0.25) is 5.91 Å². The SMILES string of the molecule is CC(C)C(C(=O)N1CCCC1CC(=O)O)c1ccccc1. The van der Waals surface area contributed by atoms with E-state index < -0.39 is 5.97 Å². The van der Waals surface area contributed by atoms with Crippen LogP contribution in [0.15, 0.2) is 30.3 Å². The second kappa shape index (κ2) is 6.74. The van der Waals surface area contributed by atoms with E-state index in [2.05, 4.69) is 0 Å². The van der Waals surface area contributed by atoms with Crippen LogP contribution >= 0.6 is 0 Å². The largest absolute Gasteiger partial charge is 0.481 e. The number of carbonyl (C=O) groups excluding carboxylic acids is 1. The van der Waals surface area contributed by atoms with E-state index in [4.69, 9.17) is 5.11 Å². The van der Waals surface area contributed by atoms with Gasteiger partial charge < -0.3 is 10.0 Å². The standard InChI is InChI=1S/C17H23NO3/c1-12(2)16(13-7-4-3-5-8-13)17(21)18-10-6-9-14(18)11-15(19)20/h3-5,7-8,12,14,16H,6,9-11H2,1-2H3,(H,19,20). The van der Waals surface area contributed by atoms with Gasteiger partial charge >= 0.3 is 5.97 Å². The molecule has 1 N–H and O–H groups in total. The maximum Gasteiger partial charge on any atom is 0.305 e. The Morgan fingerprint density at radius 3 is 2.52 bits per heavy atom. The molecular weight excluding hydrogens is 266 g/mol. The zero-order chi connectivity index (χ0) is 15.4. The Kier molecular flexibility index (Phi) is 4.99. The molecule has 21 heavy (non-hydrogen) atoms. The summed E-state index contributed by atoms with van der Waals surface area (Å²) < 4.78 is 0. The summed E-state index contributed by atoms with van der Waals surface area (Å²) >= 11 is 0. The normalized spacial score (nSPS) is 19.8. The Morgan fingerprint density at radius 2 is 1.95 bits per heavy atom. The Morgan fingerprint density at radius 1 is 1.29 bits per heavy atom. The van der Waals surface area contributed by atoms with Crippen LogP contribution < -0.4 is 0 Å². The molecule has 1 heterocycles. The van der Waals surface area contributed by atoms with Gasteiger partial charge in [-0.2, -0.15) is 0 Å². The molecule has 1 aromatic carbocycles. The predicted molar refractivity (Wildman–Crippen MR) is 81.0 cm³/mol. The van der Waals surface area contributed by atoms with Crippen molar-refractivity contribution in [1.29, 1.82) is 0 Å². The highest BCUT2D eigenvalue weighted by molar-refractivity contribution is 5.85. The highest BCUT2D eigenvalue weighted by Gasteiger charge is 2.35. The minimum atomic E-state index is -0.833. The quantitative estimate of drug-likeness (QED) is 0.906. The summed E-state index contributed by atoms with van der Waals surface area (Å²) in [5.41, 5.74) is 1.01. The predicted octanol–water partition coefficient (Wildman–Crippen LogP) is 2.89. The average Bonchev–Trinajstić information content (AvgIpc) is 2.87. The van der Waals surface area contributed by atoms with Crippen molar-refractivity contribution in [2.45, 2.75) is 45.1 Å². The van der Waals surface area contributed by atoms with Gasteiger partial charge in [0.15, 0.2) is 0 Å². The lowest BCUT2D eigenvalue weighted by atomic mass is 9.87. The third kappa shape index (κ3) is 3.63. The number of rotatable bonds is 5. The number of hydrogen-bond acceptors (Lipinski definition) is 2. The van der Waals surface area contributed by atoms with Crippen molar-refractivity contribution in [3.05, 3.63) is 35.9 Å². The molecule has 0 aliphatic carbocycles. The van der Waals surface area contributed by atoms with Crippen LogP contribution in [0.1, 0.15) is 44.6 Å². The molecule has 1 aromatic rings. The summed E-state index contributed by atoms with van der Waals surface area (Å²) in [5, 5.41) is 9.00. The minimum absolute atomic E-state index is 0.0470. The van der Waals surface area contributed by atoms with Crippen LogP contribution in [0.3, 0.4) is 0 Å². The van der Waals surface area contributed by atoms with Gasteiger partial charge in [-0.05, 0) is 24.3 Å². The topological polar surface area (TPSA) is 57.6 Å². The van der Waals surface area contributed by atoms with Crippen LogP contribution in [0.2, 0.25) is 0 Å². The summed E-state index contributed by atoms with van der Waals surface area (Å²) in [6.07, 6.45) is 1.73. The van der Waals surface area contributed by atoms with Crippen molar-refractivity contribution in [2.24, 2.45) is 5.92 Å². The second-order valence-electron chi connectivity index (χ2n) is 6.06. The van der Waals surface area contributed by atoms with Crippen LogP contribution in [0.5, 0.6) is 0 Å². The molecule has 0 spiro atoms. The van der Waals surface area contributed by atoms with E-state index in [0.29, 0.717) is 6.54 Å². The fraction of sp³-hybridized carbons (Fsp3) is 0.529. The van der Waals surface area contributed by atoms with Gasteiger partial charge in [0, 0.05) is 12.6 Å². The number of likely N-dealkylation sites (tertiary alicyclic amines) is 1. The zero-order valence-electron chi connectivity index (χ0n) is 12.7. The van der Waals surface area contributed by atoms with Crippen LogP contribution in [0.25, 0.3) is 0 Å². The summed E-state index contributed by atoms with van der Waals surface area (Å²) in [7, 11) is 0. The number of hydrogen-bond donors (Lipinski definition) is 1.